The smallest absolute Gasteiger partial charge is 0.0992 e. The van der Waals surface area contributed by atoms with E-state index in [0.29, 0.717) is 5.56 Å². The minimum absolute atomic E-state index is 0.668. The molecule has 0 saturated heterocycles. The van der Waals surface area contributed by atoms with Crippen LogP contribution in [0.5, 0.6) is 0 Å². The van der Waals surface area contributed by atoms with Gasteiger partial charge in [-0.3, -0.25) is 0 Å². The van der Waals surface area contributed by atoms with E-state index in [4.69, 9.17) is 0 Å². The Morgan fingerprint density at radius 1 is 0.333 bits per heavy atom. The van der Waals surface area contributed by atoms with Crippen molar-refractivity contribution in [1.82, 2.24) is 4.57 Å². The highest BCUT2D eigenvalue weighted by atomic mass is 15.0. The zero-order valence-electron chi connectivity index (χ0n) is 30.9. The van der Waals surface area contributed by atoms with Crippen molar-refractivity contribution in [2.75, 3.05) is 0 Å². The van der Waals surface area contributed by atoms with E-state index in [1.165, 1.54) is 92.6 Å². The first-order valence-corrected chi connectivity index (χ1v) is 19.5. The molecule has 1 aromatic heterocycles. The topological polar surface area (TPSA) is 28.7 Å². The van der Waals surface area contributed by atoms with Crippen molar-refractivity contribution in [1.29, 1.82) is 5.26 Å². The SMILES string of the molecule is N#Cc1cc2ccc3cc(-c4ccc5cc(-c6cc7c8ccccc8c(-c8ccccc8)cc7c7ccccc67)ccc5c4)cc4c3c2c(c1)n4-c1ccccc1. The van der Waals surface area contributed by atoms with Gasteiger partial charge in [-0.2, -0.15) is 5.26 Å². The van der Waals surface area contributed by atoms with Crippen LogP contribution >= 0.6 is 0 Å². The quantitative estimate of drug-likeness (QED) is 0.166. The van der Waals surface area contributed by atoms with Crippen molar-refractivity contribution in [3.8, 4) is 45.1 Å². The molecule has 0 fully saturated rings. The predicted octanol–water partition coefficient (Wildman–Crippen LogP) is 14.9. The standard InChI is InChI=1S/C55H32N2/c56-33-34-25-40-23-24-41-29-42(30-53-55(41)54(40)52(26-34)57(53)43-13-5-2-6-14-43)38-20-19-37-28-39(22-21-36(37)27-38)49-32-51-46-17-9-7-15-44(46)48(35-11-3-1-4-12-35)31-50(51)47-18-10-8-16-45(47)49/h1-32H. The highest BCUT2D eigenvalue weighted by Gasteiger charge is 2.20. The van der Waals surface area contributed by atoms with Crippen LogP contribution in [0, 0.1) is 11.3 Å². The summed E-state index contributed by atoms with van der Waals surface area (Å²) in [5.41, 5.74) is 11.2. The lowest BCUT2D eigenvalue weighted by molar-refractivity contribution is 1.18. The largest absolute Gasteiger partial charge is 0.309 e. The Morgan fingerprint density at radius 2 is 0.825 bits per heavy atom. The summed E-state index contributed by atoms with van der Waals surface area (Å²) in [6, 6.07) is 73.0. The van der Waals surface area contributed by atoms with Gasteiger partial charge in [-0.05, 0) is 148 Å². The number of hydrogen-bond acceptors (Lipinski definition) is 1. The molecular formula is C55H32N2. The molecule has 262 valence electrons. The van der Waals surface area contributed by atoms with E-state index in [9.17, 15) is 5.26 Å². The second-order valence-corrected chi connectivity index (χ2v) is 15.2. The highest BCUT2D eigenvalue weighted by Crippen LogP contribution is 2.44. The van der Waals surface area contributed by atoms with Gasteiger partial charge >= 0.3 is 0 Å². The number of benzene rings is 11. The van der Waals surface area contributed by atoms with Crippen LogP contribution < -0.4 is 0 Å². The molecule has 12 aromatic rings. The summed E-state index contributed by atoms with van der Waals surface area (Å²) >= 11 is 0. The van der Waals surface area contributed by atoms with Gasteiger partial charge in [0.1, 0.15) is 0 Å². The van der Waals surface area contributed by atoms with E-state index in [-0.39, 0.29) is 0 Å². The Kier molecular flexibility index (Phi) is 6.73. The molecule has 12 rings (SSSR count). The van der Waals surface area contributed by atoms with Crippen LogP contribution in [-0.4, -0.2) is 4.57 Å². The molecule has 2 heteroatoms. The molecule has 0 bridgehead atoms. The maximum atomic E-state index is 9.92. The van der Waals surface area contributed by atoms with Crippen LogP contribution in [0.25, 0.3) is 115 Å². The molecular weight excluding hydrogens is 689 g/mol. The third kappa shape index (κ3) is 4.76. The lowest BCUT2D eigenvalue weighted by Crippen LogP contribution is -1.94. The van der Waals surface area contributed by atoms with Gasteiger partial charge in [0, 0.05) is 16.5 Å². The number of aromatic nitrogens is 1. The Hall–Kier alpha value is -7.73. The van der Waals surface area contributed by atoms with Gasteiger partial charge < -0.3 is 4.57 Å². The molecule has 0 N–H and O–H groups in total. The average Bonchev–Trinajstić information content (AvgIpc) is 3.62. The van der Waals surface area contributed by atoms with Gasteiger partial charge in [0.15, 0.2) is 0 Å². The van der Waals surface area contributed by atoms with Gasteiger partial charge in [0.25, 0.3) is 0 Å². The number of para-hydroxylation sites is 1. The summed E-state index contributed by atoms with van der Waals surface area (Å²) in [5.74, 6) is 0. The number of hydrogen-bond donors (Lipinski definition) is 0. The summed E-state index contributed by atoms with van der Waals surface area (Å²) in [6.45, 7) is 0. The molecule has 0 amide bonds. The van der Waals surface area contributed by atoms with Crippen LogP contribution in [0.2, 0.25) is 0 Å². The number of rotatable bonds is 4. The third-order valence-electron chi connectivity index (χ3n) is 12.1. The molecule has 0 aliphatic rings. The van der Waals surface area contributed by atoms with Crippen molar-refractivity contribution in [3.63, 3.8) is 0 Å². The fraction of sp³-hybridized carbons (Fsp3) is 0. The van der Waals surface area contributed by atoms with Crippen molar-refractivity contribution in [2.24, 2.45) is 0 Å². The van der Waals surface area contributed by atoms with Gasteiger partial charge in [0.2, 0.25) is 0 Å². The maximum Gasteiger partial charge on any atom is 0.0992 e. The van der Waals surface area contributed by atoms with E-state index >= 15 is 0 Å². The molecule has 0 aliphatic carbocycles. The molecule has 0 atom stereocenters. The Bertz CT molecular complexity index is 3620. The van der Waals surface area contributed by atoms with E-state index in [2.05, 4.69) is 187 Å². The molecule has 1 heterocycles. The second-order valence-electron chi connectivity index (χ2n) is 15.2. The summed E-state index contributed by atoms with van der Waals surface area (Å²) < 4.78 is 2.32. The summed E-state index contributed by atoms with van der Waals surface area (Å²) in [7, 11) is 0. The van der Waals surface area contributed by atoms with Gasteiger partial charge in [-0.15, -0.1) is 0 Å². The fourth-order valence-electron chi connectivity index (χ4n) is 9.49. The molecule has 2 nitrogen and oxygen atoms in total. The van der Waals surface area contributed by atoms with E-state index < -0.39 is 0 Å². The van der Waals surface area contributed by atoms with Crippen LogP contribution in [0.1, 0.15) is 5.56 Å². The van der Waals surface area contributed by atoms with Crippen molar-refractivity contribution in [2.45, 2.75) is 0 Å². The molecule has 0 unspecified atom stereocenters. The zero-order valence-corrected chi connectivity index (χ0v) is 30.9. The Morgan fingerprint density at radius 3 is 1.47 bits per heavy atom. The normalized spacial score (nSPS) is 11.8. The number of nitrogens with zero attached hydrogens (tertiary/aromatic N) is 2. The van der Waals surface area contributed by atoms with E-state index in [0.717, 1.165) is 22.1 Å². The fourth-order valence-corrected chi connectivity index (χ4v) is 9.49. The van der Waals surface area contributed by atoms with Gasteiger partial charge in [-0.1, -0.05) is 133 Å². The van der Waals surface area contributed by atoms with E-state index in [1.807, 2.05) is 18.2 Å². The number of fused-ring (bicyclic) bond motifs is 6. The number of nitriles is 1. The van der Waals surface area contributed by atoms with Crippen LogP contribution in [0.3, 0.4) is 0 Å². The molecule has 0 radical (unpaired) electrons. The third-order valence-corrected chi connectivity index (χ3v) is 12.1. The second kappa shape index (κ2) is 12.1. The molecule has 0 spiro atoms. The van der Waals surface area contributed by atoms with Crippen molar-refractivity contribution < 1.29 is 0 Å². The first kappa shape index (κ1) is 31.6. The monoisotopic (exact) mass is 720 g/mol. The van der Waals surface area contributed by atoms with Crippen LogP contribution in [0.15, 0.2) is 194 Å². The molecule has 0 saturated carbocycles. The minimum Gasteiger partial charge on any atom is -0.309 e. The van der Waals surface area contributed by atoms with E-state index in [1.54, 1.807) is 0 Å². The molecule has 0 aliphatic heterocycles. The first-order chi connectivity index (χ1) is 28.2. The zero-order chi connectivity index (χ0) is 37.6. The van der Waals surface area contributed by atoms with Gasteiger partial charge in [0.05, 0.1) is 22.7 Å². The Balaban J connectivity index is 1.02. The highest BCUT2D eigenvalue weighted by molar-refractivity contribution is 6.26. The Labute approximate surface area is 329 Å². The van der Waals surface area contributed by atoms with Crippen LogP contribution in [0.4, 0.5) is 0 Å². The van der Waals surface area contributed by atoms with Gasteiger partial charge in [-0.25, -0.2) is 0 Å². The molecule has 11 aromatic carbocycles. The maximum absolute atomic E-state index is 9.92. The summed E-state index contributed by atoms with van der Waals surface area (Å²) in [5, 5.41) is 24.7. The minimum atomic E-state index is 0.668. The lowest BCUT2D eigenvalue weighted by Gasteiger charge is -2.16. The average molecular weight is 721 g/mol. The van der Waals surface area contributed by atoms with Crippen molar-refractivity contribution >= 4 is 75.7 Å². The lowest BCUT2D eigenvalue weighted by atomic mass is 9.87. The molecule has 57 heavy (non-hydrogen) atoms. The first-order valence-electron chi connectivity index (χ1n) is 19.5. The summed E-state index contributed by atoms with van der Waals surface area (Å²) in [6.07, 6.45) is 0. The predicted molar refractivity (Wildman–Crippen MR) is 241 cm³/mol. The van der Waals surface area contributed by atoms with Crippen LogP contribution in [-0.2, 0) is 0 Å². The van der Waals surface area contributed by atoms with Crippen molar-refractivity contribution in [3.05, 3.63) is 200 Å². The summed E-state index contributed by atoms with van der Waals surface area (Å²) in [4.78, 5) is 0.